The molecule has 0 spiro atoms. The Hall–Kier alpha value is -3.16. The van der Waals surface area contributed by atoms with E-state index in [2.05, 4.69) is 5.32 Å². The van der Waals surface area contributed by atoms with Crippen molar-refractivity contribution >= 4 is 23.0 Å². The lowest BCUT2D eigenvalue weighted by atomic mass is 10.00. The lowest BCUT2D eigenvalue weighted by Crippen LogP contribution is -2.64. The number of hydrogen-bond donors (Lipinski definition) is 1. The van der Waals surface area contributed by atoms with Crippen LogP contribution in [0.3, 0.4) is 0 Å². The first-order valence-corrected chi connectivity index (χ1v) is 14.7. The van der Waals surface area contributed by atoms with E-state index in [1.54, 1.807) is 4.90 Å². The minimum Gasteiger partial charge on any atom is -0.614 e. The summed E-state index contributed by atoms with van der Waals surface area (Å²) in [5.74, 6) is -0.195. The van der Waals surface area contributed by atoms with E-state index >= 15 is 0 Å². The maximum atomic E-state index is 13.3. The van der Waals surface area contributed by atoms with Crippen LogP contribution in [0.15, 0.2) is 84.9 Å². The van der Waals surface area contributed by atoms with Crippen LogP contribution < -0.4 is 5.32 Å². The Labute approximate surface area is 227 Å². The number of aryl methyl sites for hydroxylation is 1. The first kappa shape index (κ1) is 27.9. The van der Waals surface area contributed by atoms with Crippen LogP contribution >= 0.6 is 0 Å². The van der Waals surface area contributed by atoms with Gasteiger partial charge in [0.05, 0.1) is 6.42 Å². The monoisotopic (exact) mass is 534 g/mol. The second kappa shape index (κ2) is 14.1. The number of carbonyl (C=O) groups excluding carboxylic acids is 2. The van der Waals surface area contributed by atoms with Crippen molar-refractivity contribution < 1.29 is 18.5 Å². The molecular formula is C31H35FN2O3S. The van der Waals surface area contributed by atoms with Crippen molar-refractivity contribution in [1.29, 1.82) is 0 Å². The van der Waals surface area contributed by atoms with Crippen LogP contribution in [0, 0.1) is 5.82 Å². The SMILES string of the molecule is O=C(NCCCCCCc1ccc(F)cc1)C(Cc1ccccc1)N1C(=O)CC1[S+]([O-])Cc1ccccc1. The smallest absolute Gasteiger partial charge is 0.243 e. The number of halogens is 1. The van der Waals surface area contributed by atoms with Gasteiger partial charge in [-0.15, -0.1) is 0 Å². The summed E-state index contributed by atoms with van der Waals surface area (Å²) in [6, 6.07) is 25.1. The summed E-state index contributed by atoms with van der Waals surface area (Å²) < 4.78 is 26.2. The number of nitrogens with one attached hydrogen (secondary N) is 1. The number of benzene rings is 3. The van der Waals surface area contributed by atoms with Gasteiger partial charge in [0.15, 0.2) is 5.37 Å². The number of β-lactam (4-membered cyclic amide) rings is 1. The van der Waals surface area contributed by atoms with Crippen molar-refractivity contribution in [1.82, 2.24) is 10.2 Å². The van der Waals surface area contributed by atoms with Gasteiger partial charge < -0.3 is 9.87 Å². The molecule has 0 bridgehead atoms. The van der Waals surface area contributed by atoms with Gasteiger partial charge in [-0.3, -0.25) is 14.5 Å². The van der Waals surface area contributed by atoms with E-state index in [0.717, 1.165) is 48.8 Å². The molecule has 3 atom stereocenters. The number of rotatable bonds is 14. The van der Waals surface area contributed by atoms with Gasteiger partial charge in [0.1, 0.15) is 17.6 Å². The Morgan fingerprint density at radius 1 is 0.895 bits per heavy atom. The zero-order valence-electron chi connectivity index (χ0n) is 21.6. The number of hydrogen-bond acceptors (Lipinski definition) is 3. The molecular weight excluding hydrogens is 499 g/mol. The number of amides is 2. The molecule has 0 aliphatic carbocycles. The van der Waals surface area contributed by atoms with E-state index in [0.29, 0.717) is 18.7 Å². The van der Waals surface area contributed by atoms with Gasteiger partial charge in [-0.2, -0.15) is 0 Å². The number of carbonyl (C=O) groups is 2. The molecule has 1 heterocycles. The molecule has 200 valence electrons. The third-order valence-electron chi connectivity index (χ3n) is 6.92. The standard InChI is InChI=1S/C31H35FN2O3S/c32-27-18-16-24(17-19-27)11-5-1-2-10-20-33-31(36)28(21-25-12-6-3-7-13-25)34-29(35)22-30(34)38(37)23-26-14-8-4-9-15-26/h3-4,6-9,12-19,28,30H,1-2,5,10-11,20-23H2,(H,33,36). The van der Waals surface area contributed by atoms with Crippen LogP contribution in [0.25, 0.3) is 0 Å². The number of unbranched alkanes of at least 4 members (excludes halogenated alkanes) is 3. The van der Waals surface area contributed by atoms with E-state index in [4.69, 9.17) is 0 Å². The van der Waals surface area contributed by atoms with Crippen molar-refractivity contribution in [2.75, 3.05) is 6.54 Å². The summed E-state index contributed by atoms with van der Waals surface area (Å²) in [5, 5.41) is 2.56. The molecule has 4 rings (SSSR count). The normalized spacial score (nSPS) is 16.5. The van der Waals surface area contributed by atoms with Crippen molar-refractivity contribution in [2.24, 2.45) is 0 Å². The zero-order valence-corrected chi connectivity index (χ0v) is 22.4. The molecule has 3 aromatic rings. The first-order valence-electron chi connectivity index (χ1n) is 13.3. The van der Waals surface area contributed by atoms with Crippen molar-refractivity contribution in [3.63, 3.8) is 0 Å². The molecule has 3 aromatic carbocycles. The third-order valence-corrected chi connectivity index (χ3v) is 8.54. The zero-order chi connectivity index (χ0) is 26.7. The highest BCUT2D eigenvalue weighted by atomic mass is 32.2. The van der Waals surface area contributed by atoms with Gasteiger partial charge in [0.2, 0.25) is 11.8 Å². The summed E-state index contributed by atoms with van der Waals surface area (Å²) in [7, 11) is 0. The van der Waals surface area contributed by atoms with Crippen LogP contribution in [0.1, 0.15) is 48.8 Å². The third kappa shape index (κ3) is 7.92. The highest BCUT2D eigenvalue weighted by Crippen LogP contribution is 2.31. The Balaban J connectivity index is 1.29. The van der Waals surface area contributed by atoms with Gasteiger partial charge >= 0.3 is 0 Å². The van der Waals surface area contributed by atoms with Gasteiger partial charge in [-0.05, 0) is 53.7 Å². The molecule has 0 saturated carbocycles. The molecule has 0 aromatic heterocycles. The maximum Gasteiger partial charge on any atom is 0.243 e. The minimum absolute atomic E-state index is 0.131. The summed E-state index contributed by atoms with van der Waals surface area (Å²) >= 11 is -1.30. The van der Waals surface area contributed by atoms with Crippen LogP contribution in [-0.4, -0.2) is 39.2 Å². The van der Waals surface area contributed by atoms with Gasteiger partial charge in [0, 0.05) is 18.5 Å². The second-order valence-corrected chi connectivity index (χ2v) is 11.4. The molecule has 2 amide bonds. The average Bonchev–Trinajstić information content (AvgIpc) is 2.92. The van der Waals surface area contributed by atoms with Gasteiger partial charge in [-0.1, -0.05) is 85.6 Å². The summed E-state index contributed by atoms with van der Waals surface area (Å²) in [6.45, 7) is 0.528. The van der Waals surface area contributed by atoms with Gasteiger partial charge in [0.25, 0.3) is 0 Å². The molecule has 7 heteroatoms. The summed E-state index contributed by atoms with van der Waals surface area (Å²) in [5.41, 5.74) is 3.04. The molecule has 0 radical (unpaired) electrons. The fourth-order valence-electron chi connectivity index (χ4n) is 4.77. The molecule has 1 aliphatic heterocycles. The number of nitrogens with zero attached hydrogens (tertiary/aromatic N) is 1. The molecule has 38 heavy (non-hydrogen) atoms. The predicted molar refractivity (Wildman–Crippen MR) is 149 cm³/mol. The second-order valence-electron chi connectivity index (χ2n) is 9.76. The Morgan fingerprint density at radius 3 is 2.18 bits per heavy atom. The van der Waals surface area contributed by atoms with E-state index < -0.39 is 22.6 Å². The Kier molecular flexibility index (Phi) is 10.4. The van der Waals surface area contributed by atoms with E-state index in [1.165, 1.54) is 12.1 Å². The molecule has 1 fully saturated rings. The topological polar surface area (TPSA) is 72.5 Å². The van der Waals surface area contributed by atoms with Crippen molar-refractivity contribution in [3.8, 4) is 0 Å². The highest BCUT2D eigenvalue weighted by molar-refractivity contribution is 7.91. The lowest BCUT2D eigenvalue weighted by molar-refractivity contribution is -0.150. The van der Waals surface area contributed by atoms with Crippen LogP contribution in [0.4, 0.5) is 4.39 Å². The lowest BCUT2D eigenvalue weighted by Gasteiger charge is -2.44. The van der Waals surface area contributed by atoms with Crippen LogP contribution in [0.5, 0.6) is 0 Å². The predicted octanol–water partition coefficient (Wildman–Crippen LogP) is 5.16. The van der Waals surface area contributed by atoms with E-state index in [9.17, 15) is 18.5 Å². The first-order chi connectivity index (χ1) is 18.5. The number of likely N-dealkylation sites (tertiary alicyclic amines) is 1. The minimum atomic E-state index is -1.30. The van der Waals surface area contributed by atoms with E-state index in [-0.39, 0.29) is 24.1 Å². The summed E-state index contributed by atoms with van der Waals surface area (Å²) in [6.07, 6.45) is 5.33. The maximum absolute atomic E-state index is 13.3. The van der Waals surface area contributed by atoms with Gasteiger partial charge in [-0.25, -0.2) is 4.39 Å². The molecule has 3 unspecified atom stereocenters. The Morgan fingerprint density at radius 2 is 1.53 bits per heavy atom. The molecule has 1 saturated heterocycles. The Bertz CT molecular complexity index is 1160. The molecule has 1 aliphatic rings. The average molecular weight is 535 g/mol. The van der Waals surface area contributed by atoms with Crippen LogP contribution in [-0.2, 0) is 39.4 Å². The van der Waals surface area contributed by atoms with E-state index in [1.807, 2.05) is 72.8 Å². The molecule has 5 nitrogen and oxygen atoms in total. The quantitative estimate of drug-likeness (QED) is 0.176. The molecule has 1 N–H and O–H groups in total. The largest absolute Gasteiger partial charge is 0.614 e. The summed E-state index contributed by atoms with van der Waals surface area (Å²) in [4.78, 5) is 27.6. The van der Waals surface area contributed by atoms with Crippen molar-refractivity contribution in [2.45, 2.75) is 62.1 Å². The highest BCUT2D eigenvalue weighted by Gasteiger charge is 2.50. The van der Waals surface area contributed by atoms with Crippen molar-refractivity contribution in [3.05, 3.63) is 107 Å². The van der Waals surface area contributed by atoms with Crippen LogP contribution in [0.2, 0.25) is 0 Å². The fourth-order valence-corrected chi connectivity index (χ4v) is 6.33. The fraction of sp³-hybridized carbons (Fsp3) is 0.355.